The van der Waals surface area contributed by atoms with Crippen molar-refractivity contribution in [3.05, 3.63) is 82.7 Å². The van der Waals surface area contributed by atoms with Gasteiger partial charge in [-0.15, -0.1) is 0 Å². The van der Waals surface area contributed by atoms with E-state index >= 15 is 0 Å². The maximum Gasteiger partial charge on any atom is 0.272 e. The summed E-state index contributed by atoms with van der Waals surface area (Å²) in [5.74, 6) is 0.0530. The number of aliphatic hydroxyl groups is 1. The lowest BCUT2D eigenvalue weighted by atomic mass is 10.0. The molecule has 0 saturated carbocycles. The minimum atomic E-state index is -0.198. The van der Waals surface area contributed by atoms with Gasteiger partial charge in [0.15, 0.2) is 5.69 Å². The van der Waals surface area contributed by atoms with Crippen LogP contribution in [0.1, 0.15) is 45.8 Å². The van der Waals surface area contributed by atoms with E-state index in [2.05, 4.69) is 15.3 Å². The van der Waals surface area contributed by atoms with E-state index in [-0.39, 0.29) is 24.3 Å². The zero-order valence-electron chi connectivity index (χ0n) is 17.7. The number of aromatic hydroxyl groups is 1. The van der Waals surface area contributed by atoms with Gasteiger partial charge in [-0.3, -0.25) is 14.4 Å². The number of nitrogens with zero attached hydrogens (tertiary/aromatic N) is 3. The molecule has 1 aliphatic heterocycles. The summed E-state index contributed by atoms with van der Waals surface area (Å²) in [6.07, 6.45) is 0.766. The molecule has 1 unspecified atom stereocenters. The van der Waals surface area contributed by atoms with Gasteiger partial charge >= 0.3 is 0 Å². The highest BCUT2D eigenvalue weighted by Crippen LogP contribution is 2.25. The second-order valence-electron chi connectivity index (χ2n) is 7.95. The summed E-state index contributed by atoms with van der Waals surface area (Å²) in [6, 6.07) is 16.9. The third-order valence-electron chi connectivity index (χ3n) is 5.73. The van der Waals surface area contributed by atoms with Gasteiger partial charge in [0.25, 0.3) is 5.91 Å². The molecule has 0 fully saturated rings. The van der Waals surface area contributed by atoms with E-state index < -0.39 is 0 Å². The Morgan fingerprint density at radius 2 is 1.90 bits per heavy atom. The van der Waals surface area contributed by atoms with Crippen molar-refractivity contribution >= 4 is 5.91 Å². The van der Waals surface area contributed by atoms with Crippen molar-refractivity contribution in [3.8, 4) is 5.75 Å². The molecule has 1 amide bonds. The number of amides is 1. The van der Waals surface area contributed by atoms with Crippen LogP contribution in [0.4, 0.5) is 0 Å². The van der Waals surface area contributed by atoms with Crippen LogP contribution in [0, 0.1) is 0 Å². The van der Waals surface area contributed by atoms with Gasteiger partial charge in [-0.2, -0.15) is 5.10 Å². The maximum atomic E-state index is 13.1. The molecule has 4 rings (SSSR count). The molecule has 0 radical (unpaired) electrons. The number of carbonyl (C=O) groups excluding carboxylic acids is 1. The third kappa shape index (κ3) is 4.78. The van der Waals surface area contributed by atoms with Crippen LogP contribution in [0.5, 0.6) is 5.75 Å². The second-order valence-corrected chi connectivity index (χ2v) is 7.95. The van der Waals surface area contributed by atoms with E-state index in [1.807, 2.05) is 49.4 Å². The Bertz CT molecular complexity index is 1030. The molecule has 7 heteroatoms. The number of carbonyl (C=O) groups is 1. The number of phenolic OH excluding ortho intramolecular Hbond substituents is 1. The van der Waals surface area contributed by atoms with Gasteiger partial charge in [-0.25, -0.2) is 0 Å². The Morgan fingerprint density at radius 1 is 1.16 bits per heavy atom. The third-order valence-corrected chi connectivity index (χ3v) is 5.73. The zero-order chi connectivity index (χ0) is 21.8. The van der Waals surface area contributed by atoms with Crippen LogP contribution in [0.2, 0.25) is 0 Å². The van der Waals surface area contributed by atoms with E-state index in [0.717, 1.165) is 41.9 Å². The normalized spacial score (nSPS) is 14.8. The quantitative estimate of drug-likeness (QED) is 0.547. The molecule has 0 bridgehead atoms. The predicted molar refractivity (Wildman–Crippen MR) is 118 cm³/mol. The number of rotatable bonds is 7. The number of benzene rings is 2. The number of phenols is 1. The van der Waals surface area contributed by atoms with Crippen LogP contribution in [-0.4, -0.2) is 44.0 Å². The summed E-state index contributed by atoms with van der Waals surface area (Å²) < 4.78 is 1.77. The molecule has 1 aromatic heterocycles. The Hall–Kier alpha value is -3.16. The molecule has 3 N–H and O–H groups in total. The lowest BCUT2D eigenvalue weighted by Crippen LogP contribution is -2.33. The zero-order valence-corrected chi connectivity index (χ0v) is 17.7. The number of hydrogen-bond donors (Lipinski definition) is 3. The summed E-state index contributed by atoms with van der Waals surface area (Å²) in [6.45, 7) is 4.50. The molecule has 0 spiro atoms. The molecule has 2 aromatic carbocycles. The fourth-order valence-electron chi connectivity index (χ4n) is 4.09. The van der Waals surface area contributed by atoms with Crippen molar-refractivity contribution in [3.63, 3.8) is 0 Å². The smallest absolute Gasteiger partial charge is 0.272 e. The lowest BCUT2D eigenvalue weighted by molar-refractivity contribution is 0.0931. The number of hydrogen-bond acceptors (Lipinski definition) is 5. The molecule has 2 heterocycles. The maximum absolute atomic E-state index is 13.1. The van der Waals surface area contributed by atoms with Gasteiger partial charge in [-0.05, 0) is 30.2 Å². The first-order valence-corrected chi connectivity index (χ1v) is 10.6. The first kappa shape index (κ1) is 21.1. The van der Waals surface area contributed by atoms with Gasteiger partial charge in [0, 0.05) is 37.3 Å². The molecule has 1 aliphatic rings. The highest BCUT2D eigenvalue weighted by Gasteiger charge is 2.28. The topological polar surface area (TPSA) is 90.6 Å². The van der Waals surface area contributed by atoms with Crippen molar-refractivity contribution in [2.24, 2.45) is 0 Å². The highest BCUT2D eigenvalue weighted by molar-refractivity contribution is 5.94. The van der Waals surface area contributed by atoms with Crippen LogP contribution < -0.4 is 5.32 Å². The number of aliphatic hydroxyl groups excluding tert-OH is 1. The summed E-state index contributed by atoms with van der Waals surface area (Å²) in [4.78, 5) is 15.4. The first-order valence-electron chi connectivity index (χ1n) is 10.6. The molecule has 162 valence electrons. The van der Waals surface area contributed by atoms with Crippen LogP contribution in [0.25, 0.3) is 0 Å². The Kier molecular flexibility index (Phi) is 6.34. The van der Waals surface area contributed by atoms with E-state index in [4.69, 9.17) is 0 Å². The van der Waals surface area contributed by atoms with E-state index in [9.17, 15) is 15.0 Å². The molecule has 31 heavy (non-hydrogen) atoms. The standard InChI is InChI=1S/C24H28N4O3/c1-17(19-5-3-2-4-6-19)25-24(31)23-21-16-27(15-18-7-9-20(30)10-8-18)12-11-22(21)28(26-23)13-14-29/h2-10,17,29-30H,11-16H2,1H3,(H,25,31). The number of aromatic nitrogens is 2. The van der Waals surface area contributed by atoms with Crippen LogP contribution in [0.15, 0.2) is 54.6 Å². The fraction of sp³-hybridized carbons (Fsp3) is 0.333. The van der Waals surface area contributed by atoms with Crippen LogP contribution in [0.3, 0.4) is 0 Å². The molecule has 7 nitrogen and oxygen atoms in total. The summed E-state index contributed by atoms with van der Waals surface area (Å²) in [7, 11) is 0. The molecular weight excluding hydrogens is 392 g/mol. The average Bonchev–Trinajstić information content (AvgIpc) is 3.14. The van der Waals surface area contributed by atoms with Crippen molar-refractivity contribution in [2.45, 2.75) is 39.0 Å². The van der Waals surface area contributed by atoms with Gasteiger partial charge in [0.2, 0.25) is 0 Å². The summed E-state index contributed by atoms with van der Waals surface area (Å²) >= 11 is 0. The average molecular weight is 421 g/mol. The van der Waals surface area contributed by atoms with Gasteiger partial charge in [-0.1, -0.05) is 42.5 Å². The SMILES string of the molecule is CC(NC(=O)c1nn(CCO)c2c1CN(Cc1ccc(O)cc1)CC2)c1ccccc1. The van der Waals surface area contributed by atoms with Crippen molar-refractivity contribution in [1.29, 1.82) is 0 Å². The van der Waals surface area contributed by atoms with Crippen molar-refractivity contribution < 1.29 is 15.0 Å². The number of fused-ring (bicyclic) bond motifs is 1. The Labute approximate surface area is 181 Å². The van der Waals surface area contributed by atoms with Crippen LogP contribution >= 0.6 is 0 Å². The summed E-state index contributed by atoms with van der Waals surface area (Å²) in [5, 5.41) is 26.6. The van der Waals surface area contributed by atoms with Gasteiger partial charge in [0.1, 0.15) is 5.75 Å². The Balaban J connectivity index is 1.54. The first-order chi connectivity index (χ1) is 15.0. The van der Waals surface area contributed by atoms with E-state index in [1.54, 1.807) is 16.8 Å². The fourth-order valence-corrected chi connectivity index (χ4v) is 4.09. The molecule has 0 saturated heterocycles. The highest BCUT2D eigenvalue weighted by atomic mass is 16.3. The summed E-state index contributed by atoms with van der Waals surface area (Å²) in [5.41, 5.74) is 4.52. The van der Waals surface area contributed by atoms with Crippen molar-refractivity contribution in [2.75, 3.05) is 13.2 Å². The largest absolute Gasteiger partial charge is 0.508 e. The van der Waals surface area contributed by atoms with E-state index in [0.29, 0.717) is 18.8 Å². The minimum Gasteiger partial charge on any atom is -0.508 e. The Morgan fingerprint density at radius 3 is 2.61 bits per heavy atom. The predicted octanol–water partition coefficient (Wildman–Crippen LogP) is 2.63. The second kappa shape index (κ2) is 9.32. The molecular formula is C24H28N4O3. The molecule has 0 aliphatic carbocycles. The van der Waals surface area contributed by atoms with Gasteiger partial charge < -0.3 is 15.5 Å². The lowest BCUT2D eigenvalue weighted by Gasteiger charge is -2.28. The van der Waals surface area contributed by atoms with Crippen molar-refractivity contribution in [1.82, 2.24) is 20.0 Å². The minimum absolute atomic E-state index is 0.0210. The van der Waals surface area contributed by atoms with Crippen LogP contribution in [-0.2, 0) is 26.1 Å². The number of nitrogens with one attached hydrogen (secondary N) is 1. The molecule has 3 aromatic rings. The van der Waals surface area contributed by atoms with Gasteiger partial charge in [0.05, 0.1) is 19.2 Å². The monoisotopic (exact) mass is 420 g/mol. The van der Waals surface area contributed by atoms with E-state index in [1.165, 1.54) is 0 Å². The molecule has 1 atom stereocenters.